The van der Waals surface area contributed by atoms with E-state index in [0.717, 1.165) is 23.8 Å². The Morgan fingerprint density at radius 1 is 1.19 bits per heavy atom. The van der Waals surface area contributed by atoms with Gasteiger partial charge in [-0.3, -0.25) is 9.59 Å². The second-order valence-corrected chi connectivity index (χ2v) is 7.68. The second-order valence-electron chi connectivity index (χ2n) is 7.68. The van der Waals surface area contributed by atoms with Gasteiger partial charge in [0.25, 0.3) is 11.8 Å². The molecule has 0 unspecified atom stereocenters. The minimum Gasteiger partial charge on any atom is -0.350 e. The predicted octanol–water partition coefficient (Wildman–Crippen LogP) is 3.66. The van der Waals surface area contributed by atoms with E-state index in [0.29, 0.717) is 23.3 Å². The first-order valence-corrected chi connectivity index (χ1v) is 9.59. The van der Waals surface area contributed by atoms with Gasteiger partial charge < -0.3 is 10.2 Å². The highest BCUT2D eigenvalue weighted by Crippen LogP contribution is 2.34. The maximum absolute atomic E-state index is 13.1. The number of rotatable bonds is 3. The first-order chi connectivity index (χ1) is 12.6. The maximum atomic E-state index is 13.1. The van der Waals surface area contributed by atoms with E-state index < -0.39 is 0 Å². The summed E-state index contributed by atoms with van der Waals surface area (Å²) in [5, 5.41) is 3.82. The Labute approximate surface area is 153 Å². The van der Waals surface area contributed by atoms with Gasteiger partial charge in [0.1, 0.15) is 5.69 Å². The zero-order valence-electron chi connectivity index (χ0n) is 15.4. The quantitative estimate of drug-likeness (QED) is 0.918. The van der Waals surface area contributed by atoms with Crippen molar-refractivity contribution in [2.45, 2.75) is 64.6 Å². The number of carbonyl (C=O) groups excluding carboxylic acids is 2. The molecule has 136 valence electrons. The Balaban J connectivity index is 1.82. The summed E-state index contributed by atoms with van der Waals surface area (Å²) in [6.45, 7) is 4.39. The Morgan fingerprint density at radius 3 is 2.65 bits per heavy atom. The first-order valence-electron chi connectivity index (χ1n) is 9.59. The lowest BCUT2D eigenvalue weighted by Gasteiger charge is -2.30. The zero-order chi connectivity index (χ0) is 18.3. The van der Waals surface area contributed by atoms with Crippen LogP contribution in [0, 0.1) is 0 Å². The molecule has 1 aliphatic carbocycles. The molecule has 2 heterocycles. The fraction of sp³-hybridized carbons (Fsp3) is 0.476. The molecule has 2 aliphatic rings. The van der Waals surface area contributed by atoms with E-state index >= 15 is 0 Å². The summed E-state index contributed by atoms with van der Waals surface area (Å²) in [6, 6.07) is 7.91. The Hall–Kier alpha value is -2.43. The molecule has 1 fully saturated rings. The third-order valence-corrected chi connectivity index (χ3v) is 5.45. The molecular formula is C21H25N3O2. The topological polar surface area (TPSA) is 62.3 Å². The number of pyridine rings is 1. The normalized spacial score (nSPS) is 17.8. The minimum absolute atomic E-state index is 0.0174. The van der Waals surface area contributed by atoms with Crippen LogP contribution in [0.15, 0.2) is 24.3 Å². The smallest absolute Gasteiger partial charge is 0.273 e. The number of benzene rings is 1. The average Bonchev–Trinajstić information content (AvgIpc) is 2.96. The third kappa shape index (κ3) is 2.85. The molecule has 0 bridgehead atoms. The van der Waals surface area contributed by atoms with Gasteiger partial charge in [-0.25, -0.2) is 4.98 Å². The van der Waals surface area contributed by atoms with E-state index in [4.69, 9.17) is 0 Å². The fourth-order valence-electron chi connectivity index (χ4n) is 4.24. The largest absolute Gasteiger partial charge is 0.350 e. The van der Waals surface area contributed by atoms with E-state index in [2.05, 4.69) is 10.3 Å². The summed E-state index contributed by atoms with van der Waals surface area (Å²) in [6.07, 6.45) is 5.68. The van der Waals surface area contributed by atoms with E-state index in [1.807, 2.05) is 43.0 Å². The number of hydrogen-bond donors (Lipinski definition) is 1. The molecule has 0 radical (unpaired) electrons. The molecule has 0 atom stereocenters. The van der Waals surface area contributed by atoms with Gasteiger partial charge in [-0.1, -0.05) is 37.5 Å². The van der Waals surface area contributed by atoms with Gasteiger partial charge in [0, 0.05) is 29.6 Å². The van der Waals surface area contributed by atoms with Crippen LogP contribution >= 0.6 is 0 Å². The van der Waals surface area contributed by atoms with Crippen LogP contribution in [0.3, 0.4) is 0 Å². The van der Waals surface area contributed by atoms with Crippen molar-refractivity contribution in [2.24, 2.45) is 0 Å². The van der Waals surface area contributed by atoms with Crippen LogP contribution in [-0.4, -0.2) is 33.8 Å². The van der Waals surface area contributed by atoms with Crippen molar-refractivity contribution >= 4 is 22.7 Å². The molecule has 0 saturated heterocycles. The van der Waals surface area contributed by atoms with Gasteiger partial charge in [0.2, 0.25) is 0 Å². The van der Waals surface area contributed by atoms with Gasteiger partial charge in [0.05, 0.1) is 11.1 Å². The highest BCUT2D eigenvalue weighted by atomic mass is 16.2. The minimum atomic E-state index is -0.117. The molecule has 1 N–H and O–H groups in total. The summed E-state index contributed by atoms with van der Waals surface area (Å²) in [4.78, 5) is 32.6. The molecule has 1 aliphatic heterocycles. The number of hydrogen-bond acceptors (Lipinski definition) is 3. The molecule has 5 nitrogen and oxygen atoms in total. The third-order valence-electron chi connectivity index (χ3n) is 5.45. The van der Waals surface area contributed by atoms with E-state index in [-0.39, 0.29) is 23.9 Å². The fourth-order valence-corrected chi connectivity index (χ4v) is 4.24. The van der Waals surface area contributed by atoms with Crippen molar-refractivity contribution in [3.05, 3.63) is 41.1 Å². The predicted molar refractivity (Wildman–Crippen MR) is 101 cm³/mol. The highest BCUT2D eigenvalue weighted by molar-refractivity contribution is 6.11. The van der Waals surface area contributed by atoms with E-state index in [1.54, 1.807) is 0 Å². The second kappa shape index (κ2) is 6.71. The molecule has 4 rings (SSSR count). The number of amides is 2. The van der Waals surface area contributed by atoms with Crippen molar-refractivity contribution in [2.75, 3.05) is 0 Å². The lowest BCUT2D eigenvalue weighted by molar-refractivity contribution is 0.0655. The van der Waals surface area contributed by atoms with Crippen LogP contribution in [0.25, 0.3) is 10.9 Å². The summed E-state index contributed by atoms with van der Waals surface area (Å²) in [7, 11) is 0. The molecule has 2 amide bonds. The monoisotopic (exact) mass is 351 g/mol. The summed E-state index contributed by atoms with van der Waals surface area (Å²) in [5.74, 6) is -0.135. The summed E-state index contributed by atoms with van der Waals surface area (Å²) < 4.78 is 0. The lowest BCUT2D eigenvalue weighted by atomic mass is 9.94. The Bertz CT molecular complexity index is 869. The standard InChI is InChI=1S/C21H25N3O2/c1-13(2)22-20(25)18-15-10-6-7-11-17(15)23-19-16(18)12-24(21(19)26)14-8-4-3-5-9-14/h6-7,10-11,13-14H,3-5,8-9,12H2,1-2H3,(H,22,25). The molecular weight excluding hydrogens is 326 g/mol. The van der Waals surface area contributed by atoms with Crippen LogP contribution in [0.1, 0.15) is 72.4 Å². The number of fused-ring (bicyclic) bond motifs is 2. The summed E-state index contributed by atoms with van der Waals surface area (Å²) in [5.41, 5.74) is 2.57. The molecule has 5 heteroatoms. The molecule has 1 saturated carbocycles. The molecule has 1 aromatic carbocycles. The maximum Gasteiger partial charge on any atom is 0.273 e. The van der Waals surface area contributed by atoms with Crippen LogP contribution in [0.5, 0.6) is 0 Å². The van der Waals surface area contributed by atoms with Gasteiger partial charge in [-0.15, -0.1) is 0 Å². The number of aromatic nitrogens is 1. The van der Waals surface area contributed by atoms with Crippen LogP contribution in [0.4, 0.5) is 0 Å². The summed E-state index contributed by atoms with van der Waals surface area (Å²) >= 11 is 0. The number of carbonyl (C=O) groups is 2. The van der Waals surface area contributed by atoms with E-state index in [1.165, 1.54) is 19.3 Å². The molecule has 26 heavy (non-hydrogen) atoms. The van der Waals surface area contributed by atoms with Gasteiger partial charge in [-0.2, -0.15) is 0 Å². The molecule has 0 spiro atoms. The van der Waals surface area contributed by atoms with Crippen molar-refractivity contribution < 1.29 is 9.59 Å². The van der Waals surface area contributed by atoms with Gasteiger partial charge >= 0.3 is 0 Å². The first kappa shape index (κ1) is 17.0. The SMILES string of the molecule is CC(C)NC(=O)c1c2c(nc3ccccc13)C(=O)N(C1CCCCC1)C2. The van der Waals surface area contributed by atoms with Gasteiger partial charge in [0.15, 0.2) is 0 Å². The number of para-hydroxylation sites is 1. The lowest BCUT2D eigenvalue weighted by Crippen LogP contribution is -2.37. The molecule has 2 aromatic rings. The zero-order valence-corrected chi connectivity index (χ0v) is 15.4. The Kier molecular flexibility index (Phi) is 4.39. The number of nitrogens with one attached hydrogen (secondary N) is 1. The van der Waals surface area contributed by atoms with Crippen molar-refractivity contribution in [3.8, 4) is 0 Å². The molecule has 1 aromatic heterocycles. The van der Waals surface area contributed by atoms with Crippen LogP contribution < -0.4 is 5.32 Å². The average molecular weight is 351 g/mol. The van der Waals surface area contributed by atoms with Crippen LogP contribution in [-0.2, 0) is 6.54 Å². The van der Waals surface area contributed by atoms with Crippen molar-refractivity contribution in [1.82, 2.24) is 15.2 Å². The van der Waals surface area contributed by atoms with Gasteiger partial charge in [-0.05, 0) is 32.8 Å². The highest BCUT2D eigenvalue weighted by Gasteiger charge is 2.37. The van der Waals surface area contributed by atoms with E-state index in [9.17, 15) is 9.59 Å². The Morgan fingerprint density at radius 2 is 1.92 bits per heavy atom. The number of nitrogens with zero attached hydrogens (tertiary/aromatic N) is 2. The van der Waals surface area contributed by atoms with Crippen LogP contribution in [0.2, 0.25) is 0 Å². The van der Waals surface area contributed by atoms with Crippen molar-refractivity contribution in [1.29, 1.82) is 0 Å². The van der Waals surface area contributed by atoms with Crippen molar-refractivity contribution in [3.63, 3.8) is 0 Å².